The largest absolute Gasteiger partial charge is 0.359 e. The molecule has 0 rings (SSSR count). The average Bonchev–Trinajstić information content (AvgIpc) is 2.21. The van der Waals surface area contributed by atoms with Crippen LogP contribution in [0.1, 0.15) is 13.8 Å². The standard InChI is InChI=1S/C10H17N3O/c1-5-8-10(11-4)13(12-6-2)9-14-7-3/h5-6,8H,1,4,7,9H2,2-3H3/b10-8+,12-6-. The molecule has 4 heteroatoms. The van der Waals surface area contributed by atoms with Gasteiger partial charge >= 0.3 is 0 Å². The van der Waals surface area contributed by atoms with Gasteiger partial charge in [-0.25, -0.2) is 10.0 Å². The lowest BCUT2D eigenvalue weighted by molar-refractivity contribution is 0.0566. The molecule has 0 spiro atoms. The van der Waals surface area contributed by atoms with Crippen molar-refractivity contribution in [2.45, 2.75) is 13.8 Å². The summed E-state index contributed by atoms with van der Waals surface area (Å²) in [5.74, 6) is 0.617. The summed E-state index contributed by atoms with van der Waals surface area (Å²) < 4.78 is 5.23. The van der Waals surface area contributed by atoms with E-state index < -0.39 is 0 Å². The zero-order valence-corrected chi connectivity index (χ0v) is 8.81. The van der Waals surface area contributed by atoms with Crippen LogP contribution in [-0.4, -0.2) is 31.3 Å². The zero-order chi connectivity index (χ0) is 10.8. The first-order chi connectivity index (χ1) is 6.79. The third-order valence-corrected chi connectivity index (χ3v) is 1.37. The third-order valence-electron chi connectivity index (χ3n) is 1.37. The lowest BCUT2D eigenvalue weighted by Gasteiger charge is -2.17. The van der Waals surface area contributed by atoms with Crippen molar-refractivity contribution in [2.75, 3.05) is 13.3 Å². The second-order valence-electron chi connectivity index (χ2n) is 2.31. The molecule has 0 unspecified atom stereocenters. The van der Waals surface area contributed by atoms with E-state index in [0.717, 1.165) is 0 Å². The number of ether oxygens (including phenoxy) is 1. The quantitative estimate of drug-likeness (QED) is 0.270. The minimum atomic E-state index is 0.361. The minimum absolute atomic E-state index is 0.361. The second kappa shape index (κ2) is 8.19. The van der Waals surface area contributed by atoms with E-state index in [-0.39, 0.29) is 0 Å². The number of nitrogens with zero attached hydrogens (tertiary/aromatic N) is 3. The highest BCUT2D eigenvalue weighted by molar-refractivity contribution is 5.53. The van der Waals surface area contributed by atoms with Gasteiger partial charge in [-0.15, -0.1) is 0 Å². The molecule has 0 heterocycles. The molecular formula is C10H17N3O. The van der Waals surface area contributed by atoms with Crippen LogP contribution in [0, 0.1) is 0 Å². The predicted octanol–water partition coefficient (Wildman–Crippen LogP) is 2.02. The van der Waals surface area contributed by atoms with Gasteiger partial charge in [0.2, 0.25) is 0 Å². The topological polar surface area (TPSA) is 37.2 Å². The minimum Gasteiger partial charge on any atom is -0.359 e. The molecule has 0 radical (unpaired) electrons. The lowest BCUT2D eigenvalue weighted by atomic mass is 10.5. The number of rotatable bonds is 7. The Bertz CT molecular complexity index is 234. The summed E-state index contributed by atoms with van der Waals surface area (Å²) in [4.78, 5) is 3.82. The van der Waals surface area contributed by atoms with Crippen molar-refractivity contribution in [3.05, 3.63) is 24.6 Å². The van der Waals surface area contributed by atoms with Gasteiger partial charge in [0.1, 0.15) is 6.73 Å². The van der Waals surface area contributed by atoms with Crippen molar-refractivity contribution in [1.82, 2.24) is 5.01 Å². The predicted molar refractivity (Wildman–Crippen MR) is 60.3 cm³/mol. The Kier molecular flexibility index (Phi) is 7.36. The van der Waals surface area contributed by atoms with Gasteiger partial charge in [-0.2, -0.15) is 5.10 Å². The monoisotopic (exact) mass is 195 g/mol. The van der Waals surface area contributed by atoms with Crippen molar-refractivity contribution < 1.29 is 4.74 Å². The van der Waals surface area contributed by atoms with Gasteiger partial charge in [0.15, 0.2) is 5.82 Å². The molecule has 4 nitrogen and oxygen atoms in total. The van der Waals surface area contributed by atoms with E-state index in [9.17, 15) is 0 Å². The molecule has 0 aromatic carbocycles. The van der Waals surface area contributed by atoms with Gasteiger partial charge in [0.05, 0.1) is 0 Å². The molecule has 0 aromatic heterocycles. The molecule has 0 aliphatic carbocycles. The summed E-state index contributed by atoms with van der Waals surface area (Å²) in [6.07, 6.45) is 5.02. The summed E-state index contributed by atoms with van der Waals surface area (Å²) in [6, 6.07) is 0. The van der Waals surface area contributed by atoms with E-state index in [2.05, 4.69) is 23.4 Å². The summed E-state index contributed by atoms with van der Waals surface area (Å²) in [5, 5.41) is 5.69. The van der Waals surface area contributed by atoms with E-state index in [1.54, 1.807) is 23.4 Å². The maximum absolute atomic E-state index is 5.23. The van der Waals surface area contributed by atoms with Crippen LogP contribution in [0.4, 0.5) is 0 Å². The highest BCUT2D eigenvalue weighted by Gasteiger charge is 2.03. The Balaban J connectivity index is 4.50. The molecule has 0 aromatic rings. The summed E-state index contributed by atoms with van der Waals surface area (Å²) in [7, 11) is 0. The zero-order valence-electron chi connectivity index (χ0n) is 8.81. The van der Waals surface area contributed by atoms with E-state index in [1.165, 1.54) is 0 Å². The van der Waals surface area contributed by atoms with Gasteiger partial charge in [-0.3, -0.25) is 0 Å². The number of hydrazone groups is 1. The van der Waals surface area contributed by atoms with Crippen LogP contribution < -0.4 is 0 Å². The van der Waals surface area contributed by atoms with Crippen molar-refractivity contribution in [1.29, 1.82) is 0 Å². The van der Waals surface area contributed by atoms with Gasteiger partial charge in [0.25, 0.3) is 0 Å². The first kappa shape index (κ1) is 12.6. The van der Waals surface area contributed by atoms with Crippen LogP contribution in [0.15, 0.2) is 34.6 Å². The molecule has 0 aliphatic heterocycles. The van der Waals surface area contributed by atoms with E-state index in [4.69, 9.17) is 4.74 Å². The molecule has 14 heavy (non-hydrogen) atoms. The van der Waals surface area contributed by atoms with Crippen molar-refractivity contribution >= 4 is 12.9 Å². The fourth-order valence-electron chi connectivity index (χ4n) is 0.802. The molecule has 0 amide bonds. The first-order valence-corrected chi connectivity index (χ1v) is 4.43. The maximum Gasteiger partial charge on any atom is 0.150 e. The Hall–Kier alpha value is -1.42. The van der Waals surface area contributed by atoms with Crippen molar-refractivity contribution in [3.63, 3.8) is 0 Å². The van der Waals surface area contributed by atoms with Gasteiger partial charge in [0, 0.05) is 12.8 Å². The molecule has 0 bridgehead atoms. The van der Waals surface area contributed by atoms with Crippen LogP contribution in [0.5, 0.6) is 0 Å². The van der Waals surface area contributed by atoms with E-state index >= 15 is 0 Å². The van der Waals surface area contributed by atoms with Gasteiger partial charge < -0.3 is 4.74 Å². The van der Waals surface area contributed by atoms with Crippen molar-refractivity contribution in [2.24, 2.45) is 10.1 Å². The number of allylic oxidation sites excluding steroid dienone is 2. The number of hydrogen-bond acceptors (Lipinski definition) is 4. The normalized spacial score (nSPS) is 11.7. The smallest absolute Gasteiger partial charge is 0.150 e. The van der Waals surface area contributed by atoms with Gasteiger partial charge in [-0.1, -0.05) is 12.7 Å². The third kappa shape index (κ3) is 4.57. The van der Waals surface area contributed by atoms with Crippen LogP contribution in [0.25, 0.3) is 0 Å². The Labute approximate surface area is 85.3 Å². The van der Waals surface area contributed by atoms with Crippen LogP contribution >= 0.6 is 0 Å². The SMILES string of the molecule is C=C/C=C(\N=C)N(COCC)/N=C\C. The highest BCUT2D eigenvalue weighted by Crippen LogP contribution is 2.06. The van der Waals surface area contributed by atoms with Crippen LogP contribution in [-0.2, 0) is 4.74 Å². The average molecular weight is 195 g/mol. The lowest BCUT2D eigenvalue weighted by Crippen LogP contribution is -2.19. The highest BCUT2D eigenvalue weighted by atomic mass is 16.5. The molecule has 0 N–H and O–H groups in total. The molecule has 0 saturated heterocycles. The molecular weight excluding hydrogens is 178 g/mol. The Morgan fingerprint density at radius 3 is 2.71 bits per heavy atom. The summed E-state index contributed by atoms with van der Waals surface area (Å²) >= 11 is 0. The Morgan fingerprint density at radius 2 is 2.29 bits per heavy atom. The van der Waals surface area contributed by atoms with Crippen LogP contribution in [0.2, 0.25) is 0 Å². The summed E-state index contributed by atoms with van der Waals surface area (Å²) in [5.41, 5.74) is 0. The Morgan fingerprint density at radius 1 is 1.57 bits per heavy atom. The van der Waals surface area contributed by atoms with E-state index in [1.807, 2.05) is 13.8 Å². The van der Waals surface area contributed by atoms with Crippen molar-refractivity contribution in [3.8, 4) is 0 Å². The fourth-order valence-corrected chi connectivity index (χ4v) is 0.802. The summed E-state index contributed by atoms with van der Waals surface area (Å²) in [6.45, 7) is 11.8. The molecule has 0 fully saturated rings. The van der Waals surface area contributed by atoms with Crippen LogP contribution in [0.3, 0.4) is 0 Å². The number of aliphatic imine (C=N–C) groups is 1. The second-order valence-corrected chi connectivity index (χ2v) is 2.31. The molecule has 0 atom stereocenters. The fraction of sp³-hybridized carbons (Fsp3) is 0.400. The first-order valence-electron chi connectivity index (χ1n) is 4.43. The molecule has 0 aliphatic rings. The van der Waals surface area contributed by atoms with E-state index in [0.29, 0.717) is 19.2 Å². The van der Waals surface area contributed by atoms with Gasteiger partial charge in [-0.05, 0) is 26.6 Å². The molecule has 78 valence electrons. The molecule has 0 saturated carbocycles. The maximum atomic E-state index is 5.23. The number of hydrogen-bond donors (Lipinski definition) is 0.